The first kappa shape index (κ1) is 25.9. The molecule has 1 amide bonds. The SMILES string of the molecule is O=C(N[C@@H](Cc1ccc(OCc2ccccc2F)cc1)C(=O)O)c1cn2ccc(-c3ccc(Cl)cc3)cc2n1. The fraction of sp³-hybridized carbons (Fsp3) is 0.100. The van der Waals surface area contributed by atoms with E-state index in [2.05, 4.69) is 10.3 Å². The molecule has 5 rings (SSSR count). The van der Waals surface area contributed by atoms with E-state index in [9.17, 15) is 19.1 Å². The molecule has 3 aromatic carbocycles. The minimum atomic E-state index is -1.17. The number of nitrogens with zero attached hydrogens (tertiary/aromatic N) is 2. The smallest absolute Gasteiger partial charge is 0.326 e. The maximum atomic E-state index is 13.8. The minimum absolute atomic E-state index is 0.0583. The molecule has 2 heterocycles. The van der Waals surface area contributed by atoms with Crippen LogP contribution in [0.2, 0.25) is 5.02 Å². The molecule has 9 heteroatoms. The van der Waals surface area contributed by atoms with Crippen LogP contribution in [0.3, 0.4) is 0 Å². The van der Waals surface area contributed by atoms with Gasteiger partial charge in [0.15, 0.2) is 0 Å². The van der Waals surface area contributed by atoms with E-state index in [-0.39, 0.29) is 24.5 Å². The molecular formula is C30H23ClFN3O4. The first-order valence-electron chi connectivity index (χ1n) is 12.1. The lowest BCUT2D eigenvalue weighted by molar-refractivity contribution is -0.139. The number of rotatable bonds is 9. The highest BCUT2D eigenvalue weighted by molar-refractivity contribution is 6.30. The molecule has 1 atom stereocenters. The molecule has 0 spiro atoms. The van der Waals surface area contributed by atoms with Crippen LogP contribution in [0, 0.1) is 5.82 Å². The lowest BCUT2D eigenvalue weighted by Crippen LogP contribution is -2.42. The Balaban J connectivity index is 1.24. The van der Waals surface area contributed by atoms with Crippen molar-refractivity contribution in [2.24, 2.45) is 0 Å². The van der Waals surface area contributed by atoms with Crippen LogP contribution in [-0.2, 0) is 17.8 Å². The molecule has 2 aromatic heterocycles. The number of ether oxygens (including phenoxy) is 1. The lowest BCUT2D eigenvalue weighted by atomic mass is 10.1. The van der Waals surface area contributed by atoms with Crippen molar-refractivity contribution in [3.05, 3.63) is 125 Å². The fourth-order valence-electron chi connectivity index (χ4n) is 4.08. The van der Waals surface area contributed by atoms with Gasteiger partial charge >= 0.3 is 5.97 Å². The van der Waals surface area contributed by atoms with Gasteiger partial charge in [0.1, 0.15) is 35.6 Å². The van der Waals surface area contributed by atoms with E-state index in [1.165, 1.54) is 6.07 Å². The quantitative estimate of drug-likeness (QED) is 0.245. The summed E-state index contributed by atoms with van der Waals surface area (Å²) >= 11 is 5.97. The summed E-state index contributed by atoms with van der Waals surface area (Å²) in [6, 6.07) is 23.1. The number of carboxylic acid groups (broad SMARTS) is 1. The fourth-order valence-corrected chi connectivity index (χ4v) is 4.21. The molecule has 5 aromatic rings. The molecule has 0 radical (unpaired) electrons. The number of carbonyl (C=O) groups excluding carboxylic acids is 1. The number of pyridine rings is 1. The molecule has 0 unspecified atom stereocenters. The number of carbonyl (C=O) groups is 2. The van der Waals surface area contributed by atoms with E-state index in [1.54, 1.807) is 71.4 Å². The van der Waals surface area contributed by atoms with Gasteiger partial charge in [0.05, 0.1) is 0 Å². The predicted octanol–water partition coefficient (Wildman–Crippen LogP) is 5.80. The van der Waals surface area contributed by atoms with E-state index in [1.807, 2.05) is 24.3 Å². The van der Waals surface area contributed by atoms with Crippen molar-refractivity contribution in [2.45, 2.75) is 19.1 Å². The van der Waals surface area contributed by atoms with Crippen molar-refractivity contribution < 1.29 is 23.8 Å². The van der Waals surface area contributed by atoms with Gasteiger partial charge in [-0.05, 0) is 59.2 Å². The summed E-state index contributed by atoms with van der Waals surface area (Å²) < 4.78 is 21.1. The van der Waals surface area contributed by atoms with Crippen LogP contribution in [0.15, 0.2) is 97.3 Å². The maximum absolute atomic E-state index is 13.8. The number of aromatic nitrogens is 2. The summed E-state index contributed by atoms with van der Waals surface area (Å²) in [4.78, 5) is 29.2. The second-order valence-electron chi connectivity index (χ2n) is 8.91. The van der Waals surface area contributed by atoms with Crippen molar-refractivity contribution in [3.8, 4) is 16.9 Å². The van der Waals surface area contributed by atoms with Crippen molar-refractivity contribution in [3.63, 3.8) is 0 Å². The molecule has 0 aliphatic heterocycles. The number of nitrogens with one attached hydrogen (secondary N) is 1. The van der Waals surface area contributed by atoms with Crippen LogP contribution >= 0.6 is 11.6 Å². The standard InChI is InChI=1S/C30H23ClFN3O4/c31-23-9-7-20(8-10-23)21-13-14-35-17-27(33-28(35)16-21)29(36)34-26(30(37)38)15-19-5-11-24(12-6-19)39-18-22-3-1-2-4-25(22)32/h1-14,16-17,26H,15,18H2,(H,34,36)(H,37,38)/t26-/m0/s1. The molecule has 0 saturated carbocycles. The summed E-state index contributed by atoms with van der Waals surface area (Å²) in [6.07, 6.45) is 3.40. The van der Waals surface area contributed by atoms with Crippen molar-refractivity contribution >= 4 is 29.1 Å². The number of aliphatic carboxylic acids is 1. The molecule has 0 aliphatic rings. The molecule has 2 N–H and O–H groups in total. The van der Waals surface area contributed by atoms with Crippen LogP contribution < -0.4 is 10.1 Å². The van der Waals surface area contributed by atoms with Crippen LogP contribution in [0.5, 0.6) is 5.75 Å². The number of halogens is 2. The molecular weight excluding hydrogens is 521 g/mol. The zero-order chi connectivity index (χ0) is 27.4. The normalized spacial score (nSPS) is 11.7. The molecule has 7 nitrogen and oxygen atoms in total. The highest BCUT2D eigenvalue weighted by Gasteiger charge is 2.23. The number of imidazole rings is 1. The molecule has 0 aliphatic carbocycles. The molecule has 0 saturated heterocycles. The number of amides is 1. The topological polar surface area (TPSA) is 92.9 Å². The Bertz CT molecular complexity index is 1630. The number of hydrogen-bond acceptors (Lipinski definition) is 4. The zero-order valence-corrected chi connectivity index (χ0v) is 21.3. The third-order valence-electron chi connectivity index (χ3n) is 6.19. The van der Waals surface area contributed by atoms with Gasteiger partial charge < -0.3 is 19.6 Å². The summed E-state index contributed by atoms with van der Waals surface area (Å²) in [5.41, 5.74) is 3.62. The van der Waals surface area contributed by atoms with Crippen molar-refractivity contribution in [1.82, 2.24) is 14.7 Å². The van der Waals surface area contributed by atoms with E-state index < -0.39 is 17.9 Å². The third kappa shape index (κ3) is 6.25. The molecule has 0 fully saturated rings. The number of fused-ring (bicyclic) bond motifs is 1. The zero-order valence-electron chi connectivity index (χ0n) is 20.6. The first-order valence-corrected chi connectivity index (χ1v) is 12.5. The van der Waals surface area contributed by atoms with E-state index in [0.29, 0.717) is 27.5 Å². The average molecular weight is 544 g/mol. The van der Waals surface area contributed by atoms with E-state index in [0.717, 1.165) is 11.1 Å². The van der Waals surface area contributed by atoms with Gasteiger partial charge in [-0.25, -0.2) is 14.2 Å². The molecule has 0 bridgehead atoms. The predicted molar refractivity (Wildman–Crippen MR) is 145 cm³/mol. The van der Waals surface area contributed by atoms with Gasteiger partial charge in [-0.2, -0.15) is 0 Å². The van der Waals surface area contributed by atoms with Gasteiger partial charge in [-0.15, -0.1) is 0 Å². The summed E-state index contributed by atoms with van der Waals surface area (Å²) in [6.45, 7) is 0.0695. The highest BCUT2D eigenvalue weighted by Crippen LogP contribution is 2.23. The van der Waals surface area contributed by atoms with Gasteiger partial charge in [-0.1, -0.05) is 54.1 Å². The van der Waals surface area contributed by atoms with Crippen LogP contribution in [0.4, 0.5) is 4.39 Å². The number of hydrogen-bond donors (Lipinski definition) is 2. The summed E-state index contributed by atoms with van der Waals surface area (Å²) in [7, 11) is 0. The maximum Gasteiger partial charge on any atom is 0.326 e. The van der Waals surface area contributed by atoms with Crippen LogP contribution in [-0.4, -0.2) is 32.4 Å². The average Bonchev–Trinajstić information content (AvgIpc) is 3.37. The Morgan fingerprint density at radius 1 is 1.00 bits per heavy atom. The Labute approximate surface area is 228 Å². The third-order valence-corrected chi connectivity index (χ3v) is 6.44. The monoisotopic (exact) mass is 543 g/mol. The largest absolute Gasteiger partial charge is 0.489 e. The van der Waals surface area contributed by atoms with Crippen molar-refractivity contribution in [1.29, 1.82) is 0 Å². The Morgan fingerprint density at radius 3 is 2.46 bits per heavy atom. The summed E-state index contributed by atoms with van der Waals surface area (Å²) in [5, 5.41) is 12.9. The molecule has 196 valence electrons. The van der Waals surface area contributed by atoms with Gasteiger partial charge in [0, 0.05) is 29.4 Å². The second-order valence-corrected chi connectivity index (χ2v) is 9.34. The molecule has 39 heavy (non-hydrogen) atoms. The Kier molecular flexibility index (Phi) is 7.56. The van der Waals surface area contributed by atoms with Crippen LogP contribution in [0.1, 0.15) is 21.6 Å². The van der Waals surface area contributed by atoms with Gasteiger partial charge in [0.25, 0.3) is 5.91 Å². The summed E-state index contributed by atoms with van der Waals surface area (Å²) in [5.74, 6) is -1.59. The first-order chi connectivity index (χ1) is 18.9. The highest BCUT2D eigenvalue weighted by atomic mass is 35.5. The van der Waals surface area contributed by atoms with Crippen LogP contribution in [0.25, 0.3) is 16.8 Å². The van der Waals surface area contributed by atoms with E-state index in [4.69, 9.17) is 16.3 Å². The number of benzene rings is 3. The number of carboxylic acids is 1. The Hall–Kier alpha value is -4.69. The van der Waals surface area contributed by atoms with E-state index >= 15 is 0 Å². The minimum Gasteiger partial charge on any atom is -0.489 e. The van der Waals surface area contributed by atoms with Crippen molar-refractivity contribution in [2.75, 3.05) is 0 Å². The lowest BCUT2D eigenvalue weighted by Gasteiger charge is -2.14. The van der Waals surface area contributed by atoms with Gasteiger partial charge in [0.2, 0.25) is 0 Å². The van der Waals surface area contributed by atoms with Gasteiger partial charge in [-0.3, -0.25) is 4.79 Å². The Morgan fingerprint density at radius 2 is 1.74 bits per heavy atom. The second kappa shape index (κ2) is 11.4.